The molecule has 1 N–H and O–H groups in total. The van der Waals surface area contributed by atoms with E-state index in [0.29, 0.717) is 38.5 Å². The smallest absolute Gasteiger partial charge is 0.243 e. The van der Waals surface area contributed by atoms with E-state index in [-0.39, 0.29) is 17.1 Å². The number of rotatable bonds is 4. The molecular weight excluding hydrogens is 333 g/mol. The molecule has 0 bridgehead atoms. The number of benzene rings is 1. The third-order valence-electron chi connectivity index (χ3n) is 5.20. The highest BCUT2D eigenvalue weighted by molar-refractivity contribution is 7.89. The van der Waals surface area contributed by atoms with Crippen molar-refractivity contribution in [3.8, 4) is 0 Å². The molecule has 2 fully saturated rings. The molecule has 2 saturated heterocycles. The first-order valence-corrected chi connectivity index (χ1v) is 9.90. The Morgan fingerprint density at radius 2 is 2.08 bits per heavy atom. The first-order valence-electron chi connectivity index (χ1n) is 8.46. The minimum Gasteiger partial charge on any atom is -0.396 e. The van der Waals surface area contributed by atoms with Gasteiger partial charge in [0.15, 0.2) is 0 Å². The molecule has 2 heterocycles. The monoisotopic (exact) mass is 357 g/mol. The van der Waals surface area contributed by atoms with Crippen LogP contribution in [0.1, 0.15) is 32.1 Å². The lowest BCUT2D eigenvalue weighted by atomic mass is 9.79. The summed E-state index contributed by atoms with van der Waals surface area (Å²) in [5.74, 6) is -0.109. The highest BCUT2D eigenvalue weighted by atomic mass is 32.2. The van der Waals surface area contributed by atoms with Crippen LogP contribution in [0.15, 0.2) is 29.2 Å². The Kier molecular flexibility index (Phi) is 5.24. The largest absolute Gasteiger partial charge is 0.396 e. The molecule has 0 aliphatic carbocycles. The van der Waals surface area contributed by atoms with Gasteiger partial charge in [0.25, 0.3) is 0 Å². The second-order valence-corrected chi connectivity index (χ2v) is 8.70. The van der Waals surface area contributed by atoms with Crippen molar-refractivity contribution in [2.45, 2.75) is 42.6 Å². The predicted octanol–water partition coefficient (Wildman–Crippen LogP) is 2.16. The Morgan fingerprint density at radius 3 is 2.75 bits per heavy atom. The minimum absolute atomic E-state index is 0.00108. The van der Waals surface area contributed by atoms with Crippen molar-refractivity contribution >= 4 is 10.0 Å². The maximum atomic E-state index is 13.3. The van der Waals surface area contributed by atoms with Gasteiger partial charge in [0.2, 0.25) is 10.0 Å². The molecule has 1 unspecified atom stereocenters. The van der Waals surface area contributed by atoms with E-state index in [1.165, 1.54) is 22.5 Å². The maximum Gasteiger partial charge on any atom is 0.243 e. The third-order valence-corrected chi connectivity index (χ3v) is 7.09. The fourth-order valence-corrected chi connectivity index (χ4v) is 5.29. The Bertz CT molecular complexity index is 669. The van der Waals surface area contributed by atoms with Crippen LogP contribution in [0, 0.1) is 11.7 Å². The van der Waals surface area contributed by atoms with Gasteiger partial charge in [-0.25, -0.2) is 12.8 Å². The molecule has 0 aromatic heterocycles. The first kappa shape index (κ1) is 17.8. The number of piperidine rings is 1. The summed E-state index contributed by atoms with van der Waals surface area (Å²) in [7, 11) is -3.67. The van der Waals surface area contributed by atoms with Crippen molar-refractivity contribution in [2.75, 3.05) is 26.3 Å². The van der Waals surface area contributed by atoms with Crippen molar-refractivity contribution in [2.24, 2.45) is 5.92 Å². The predicted molar refractivity (Wildman–Crippen MR) is 87.5 cm³/mol. The normalized spacial score (nSPS) is 25.0. The van der Waals surface area contributed by atoms with Crippen LogP contribution in [0.25, 0.3) is 0 Å². The van der Waals surface area contributed by atoms with Gasteiger partial charge in [-0.2, -0.15) is 4.31 Å². The molecule has 0 radical (unpaired) electrons. The molecule has 0 saturated carbocycles. The molecule has 2 aliphatic heterocycles. The summed E-state index contributed by atoms with van der Waals surface area (Å²) in [6.45, 7) is 1.61. The van der Waals surface area contributed by atoms with Crippen LogP contribution in [-0.4, -0.2) is 49.7 Å². The van der Waals surface area contributed by atoms with Crippen LogP contribution >= 0.6 is 0 Å². The highest BCUT2D eigenvalue weighted by Crippen LogP contribution is 2.39. The van der Waals surface area contributed by atoms with Crippen molar-refractivity contribution in [1.82, 2.24) is 4.31 Å². The van der Waals surface area contributed by atoms with Gasteiger partial charge in [-0.1, -0.05) is 6.07 Å². The summed E-state index contributed by atoms with van der Waals surface area (Å²) in [5, 5.41) is 9.14. The SMILES string of the molecule is O=S(=O)(c1cccc(F)c1)N1CCC2(CC1)CC(CCO)CCO2. The number of hydrogen-bond donors (Lipinski definition) is 1. The van der Waals surface area contributed by atoms with Crippen LogP contribution in [-0.2, 0) is 14.8 Å². The number of halogens is 1. The fourth-order valence-electron chi connectivity index (χ4n) is 3.82. The topological polar surface area (TPSA) is 66.8 Å². The molecule has 0 amide bonds. The number of nitrogens with zero attached hydrogens (tertiary/aromatic N) is 1. The molecule has 1 aromatic rings. The summed E-state index contributed by atoms with van der Waals surface area (Å²) in [6.07, 6.45) is 3.89. The molecular formula is C17H24FNO4S. The average molecular weight is 357 g/mol. The van der Waals surface area contributed by atoms with E-state index in [9.17, 15) is 12.8 Å². The molecule has 2 aliphatic rings. The van der Waals surface area contributed by atoms with Gasteiger partial charge in [0, 0.05) is 26.3 Å². The molecule has 24 heavy (non-hydrogen) atoms. The number of aliphatic hydroxyl groups excluding tert-OH is 1. The number of sulfonamides is 1. The van der Waals surface area contributed by atoms with Gasteiger partial charge >= 0.3 is 0 Å². The highest BCUT2D eigenvalue weighted by Gasteiger charge is 2.42. The number of ether oxygens (including phenoxy) is 1. The lowest BCUT2D eigenvalue weighted by Gasteiger charge is -2.45. The van der Waals surface area contributed by atoms with E-state index in [4.69, 9.17) is 9.84 Å². The summed E-state index contributed by atoms with van der Waals surface area (Å²) in [4.78, 5) is 0.00108. The van der Waals surface area contributed by atoms with Gasteiger partial charge < -0.3 is 9.84 Å². The molecule has 134 valence electrons. The number of aliphatic hydroxyl groups is 1. The molecule has 3 rings (SSSR count). The van der Waals surface area contributed by atoms with E-state index in [2.05, 4.69) is 0 Å². The zero-order valence-electron chi connectivity index (χ0n) is 13.7. The lowest BCUT2D eigenvalue weighted by molar-refractivity contribution is -0.122. The van der Waals surface area contributed by atoms with Crippen LogP contribution in [0.4, 0.5) is 4.39 Å². The summed E-state index contributed by atoms with van der Waals surface area (Å²) in [6, 6.07) is 5.14. The Labute approximate surface area is 142 Å². The Balaban J connectivity index is 1.68. The maximum absolute atomic E-state index is 13.3. The van der Waals surface area contributed by atoms with Gasteiger partial charge in [-0.15, -0.1) is 0 Å². The summed E-state index contributed by atoms with van der Waals surface area (Å²) >= 11 is 0. The Morgan fingerprint density at radius 1 is 1.33 bits per heavy atom. The van der Waals surface area contributed by atoms with Crippen LogP contribution in [0.3, 0.4) is 0 Å². The summed E-state index contributed by atoms with van der Waals surface area (Å²) < 4.78 is 46.1. The summed E-state index contributed by atoms with van der Waals surface area (Å²) in [5.41, 5.74) is -0.272. The van der Waals surface area contributed by atoms with Crippen molar-refractivity contribution < 1.29 is 22.7 Å². The fraction of sp³-hybridized carbons (Fsp3) is 0.647. The van der Waals surface area contributed by atoms with Crippen molar-refractivity contribution in [3.05, 3.63) is 30.1 Å². The molecule has 5 nitrogen and oxygen atoms in total. The van der Waals surface area contributed by atoms with Crippen LogP contribution < -0.4 is 0 Å². The van der Waals surface area contributed by atoms with E-state index in [1.54, 1.807) is 0 Å². The second kappa shape index (κ2) is 7.07. The van der Waals surface area contributed by atoms with Gasteiger partial charge in [0.1, 0.15) is 5.82 Å². The van der Waals surface area contributed by atoms with Gasteiger partial charge in [-0.3, -0.25) is 0 Å². The van der Waals surface area contributed by atoms with E-state index < -0.39 is 15.8 Å². The minimum atomic E-state index is -3.67. The first-order chi connectivity index (χ1) is 11.5. The van der Waals surface area contributed by atoms with E-state index in [0.717, 1.165) is 25.3 Å². The Hall–Kier alpha value is -1.02. The lowest BCUT2D eigenvalue weighted by Crippen LogP contribution is -2.50. The molecule has 1 atom stereocenters. The van der Waals surface area contributed by atoms with Crippen molar-refractivity contribution in [1.29, 1.82) is 0 Å². The standard InChI is InChI=1S/C17H24FNO4S/c18-15-2-1-3-16(12-15)24(21,22)19-8-6-17(7-9-19)13-14(4-10-20)5-11-23-17/h1-3,12,14,20H,4-11,13H2. The molecule has 1 spiro atoms. The van der Waals surface area contributed by atoms with Crippen LogP contribution in [0.5, 0.6) is 0 Å². The van der Waals surface area contributed by atoms with E-state index in [1.807, 2.05) is 0 Å². The molecule has 1 aromatic carbocycles. The zero-order valence-corrected chi connectivity index (χ0v) is 14.5. The van der Waals surface area contributed by atoms with Crippen molar-refractivity contribution in [3.63, 3.8) is 0 Å². The third kappa shape index (κ3) is 3.64. The molecule has 7 heteroatoms. The zero-order chi connectivity index (χ0) is 17.2. The van der Waals surface area contributed by atoms with Gasteiger partial charge in [-0.05, 0) is 56.2 Å². The number of hydrogen-bond acceptors (Lipinski definition) is 4. The quantitative estimate of drug-likeness (QED) is 0.897. The van der Waals surface area contributed by atoms with Crippen LogP contribution in [0.2, 0.25) is 0 Å². The average Bonchev–Trinajstić information content (AvgIpc) is 2.56. The van der Waals surface area contributed by atoms with Gasteiger partial charge in [0.05, 0.1) is 10.5 Å². The second-order valence-electron chi connectivity index (χ2n) is 6.76. The van der Waals surface area contributed by atoms with E-state index >= 15 is 0 Å².